The molecule has 0 saturated heterocycles. The normalized spacial score (nSPS) is 12.5. The molecule has 190 valence electrons. The summed E-state index contributed by atoms with van der Waals surface area (Å²) in [5.41, 5.74) is 0.435. The number of hydrogen-bond acceptors (Lipinski definition) is 7. The summed E-state index contributed by atoms with van der Waals surface area (Å²) in [7, 11) is 1.29. The van der Waals surface area contributed by atoms with E-state index >= 15 is 0 Å². The maximum Gasteiger partial charge on any atom is 0.337 e. The van der Waals surface area contributed by atoms with E-state index in [1.165, 1.54) is 17.9 Å². The van der Waals surface area contributed by atoms with Crippen LogP contribution in [-0.4, -0.2) is 46.0 Å². The van der Waals surface area contributed by atoms with Gasteiger partial charge in [0, 0.05) is 18.2 Å². The fourth-order valence-electron chi connectivity index (χ4n) is 3.25. The lowest BCUT2D eigenvalue weighted by molar-refractivity contribution is -0.124. The van der Waals surface area contributed by atoms with Crippen LogP contribution >= 0.6 is 0 Å². The zero-order chi connectivity index (χ0) is 26.3. The zero-order valence-corrected chi connectivity index (χ0v) is 21.3. The first kappa shape index (κ1) is 27.6. The van der Waals surface area contributed by atoms with E-state index in [4.69, 9.17) is 9.57 Å². The number of benzene rings is 1. The second-order valence-corrected chi connectivity index (χ2v) is 8.96. The first-order valence-corrected chi connectivity index (χ1v) is 11.5. The predicted octanol–water partition coefficient (Wildman–Crippen LogP) is 2.15. The van der Waals surface area contributed by atoms with Crippen LogP contribution in [0.25, 0.3) is 0 Å². The van der Waals surface area contributed by atoms with Gasteiger partial charge in [-0.25, -0.2) is 9.59 Å². The number of ether oxygens (including phenoxy) is 1. The molecule has 1 amide bonds. The van der Waals surface area contributed by atoms with Gasteiger partial charge in [0.2, 0.25) is 5.91 Å². The molecule has 10 heteroatoms. The molecule has 0 unspecified atom stereocenters. The van der Waals surface area contributed by atoms with Gasteiger partial charge in [-0.15, -0.1) is 0 Å². The van der Waals surface area contributed by atoms with E-state index in [1.807, 2.05) is 13.8 Å². The van der Waals surface area contributed by atoms with Crippen LogP contribution < -0.4 is 16.6 Å². The van der Waals surface area contributed by atoms with Gasteiger partial charge in [0.1, 0.15) is 6.10 Å². The van der Waals surface area contributed by atoms with Crippen LogP contribution in [0.15, 0.2) is 45.2 Å². The molecule has 0 aliphatic heterocycles. The summed E-state index contributed by atoms with van der Waals surface area (Å²) in [6, 6.07) is 6.23. The van der Waals surface area contributed by atoms with Gasteiger partial charge in [-0.2, -0.15) is 0 Å². The Morgan fingerprint density at radius 3 is 2.40 bits per heavy atom. The van der Waals surface area contributed by atoms with Crippen molar-refractivity contribution in [2.45, 2.75) is 66.8 Å². The molecule has 0 bridgehead atoms. The van der Waals surface area contributed by atoms with Gasteiger partial charge in [-0.3, -0.25) is 18.7 Å². The molecule has 0 aliphatic rings. The minimum atomic E-state index is -0.551. The van der Waals surface area contributed by atoms with Crippen molar-refractivity contribution in [3.05, 3.63) is 68.0 Å². The Hall–Kier alpha value is -3.69. The highest BCUT2D eigenvalue weighted by Gasteiger charge is 2.18. The monoisotopic (exact) mass is 486 g/mol. The number of aromatic nitrogens is 2. The molecule has 2 aromatic rings. The quantitative estimate of drug-likeness (QED) is 0.312. The summed E-state index contributed by atoms with van der Waals surface area (Å²) in [6.07, 6.45) is 1.25. The second-order valence-electron chi connectivity index (χ2n) is 8.96. The molecule has 1 N–H and O–H groups in total. The minimum Gasteiger partial charge on any atom is -0.465 e. The highest BCUT2D eigenvalue weighted by molar-refractivity contribution is 5.97. The van der Waals surface area contributed by atoms with Crippen LogP contribution in [-0.2, 0) is 27.5 Å². The lowest BCUT2D eigenvalue weighted by Crippen LogP contribution is -2.47. The van der Waals surface area contributed by atoms with Crippen LogP contribution in [0, 0.1) is 5.92 Å². The van der Waals surface area contributed by atoms with Crippen molar-refractivity contribution >= 4 is 17.6 Å². The average Bonchev–Trinajstić information content (AvgIpc) is 2.81. The maximum absolute atomic E-state index is 13.3. The van der Waals surface area contributed by atoms with Gasteiger partial charge in [0.15, 0.2) is 0 Å². The molecule has 1 heterocycles. The third-order valence-electron chi connectivity index (χ3n) is 5.10. The van der Waals surface area contributed by atoms with Crippen LogP contribution in [0.3, 0.4) is 0 Å². The van der Waals surface area contributed by atoms with Crippen molar-refractivity contribution in [3.63, 3.8) is 0 Å². The van der Waals surface area contributed by atoms with E-state index in [2.05, 4.69) is 10.5 Å². The molecule has 2 rings (SSSR count). The first-order valence-electron chi connectivity index (χ1n) is 11.5. The number of esters is 1. The second kappa shape index (κ2) is 12.1. The number of oxime groups is 1. The molecular formula is C25H34N4O6. The number of amides is 1. The van der Waals surface area contributed by atoms with E-state index < -0.39 is 23.3 Å². The molecule has 1 atom stereocenters. The molecular weight excluding hydrogens is 452 g/mol. The van der Waals surface area contributed by atoms with Crippen LogP contribution in [0.5, 0.6) is 0 Å². The van der Waals surface area contributed by atoms with Crippen molar-refractivity contribution in [1.82, 2.24) is 14.5 Å². The van der Waals surface area contributed by atoms with Gasteiger partial charge in [-0.05, 0) is 45.4 Å². The molecule has 10 nitrogen and oxygen atoms in total. The molecule has 0 aliphatic carbocycles. The van der Waals surface area contributed by atoms with E-state index in [1.54, 1.807) is 52.0 Å². The van der Waals surface area contributed by atoms with E-state index in [0.29, 0.717) is 16.8 Å². The van der Waals surface area contributed by atoms with E-state index in [0.717, 1.165) is 4.57 Å². The lowest BCUT2D eigenvalue weighted by Gasteiger charge is -2.19. The Morgan fingerprint density at radius 1 is 1.11 bits per heavy atom. The highest BCUT2D eigenvalue weighted by Crippen LogP contribution is 2.09. The summed E-state index contributed by atoms with van der Waals surface area (Å²) in [6.45, 7) is 10.6. The minimum absolute atomic E-state index is 0.0233. The topological polar surface area (TPSA) is 121 Å². The lowest BCUT2D eigenvalue weighted by atomic mass is 10.1. The van der Waals surface area contributed by atoms with Crippen molar-refractivity contribution in [2.75, 3.05) is 7.11 Å². The third-order valence-corrected chi connectivity index (χ3v) is 5.10. The molecule has 0 radical (unpaired) electrons. The predicted molar refractivity (Wildman–Crippen MR) is 133 cm³/mol. The fraction of sp³-hybridized carbons (Fsp3) is 0.480. The average molecular weight is 487 g/mol. The first-order chi connectivity index (χ1) is 16.4. The summed E-state index contributed by atoms with van der Waals surface area (Å²) in [5, 5.41) is 6.84. The number of nitrogens with zero attached hydrogens (tertiary/aromatic N) is 3. The van der Waals surface area contributed by atoms with E-state index in [-0.39, 0.29) is 36.6 Å². The molecule has 0 saturated carbocycles. The van der Waals surface area contributed by atoms with Gasteiger partial charge in [-0.1, -0.05) is 31.1 Å². The van der Waals surface area contributed by atoms with Gasteiger partial charge in [0.25, 0.3) is 5.56 Å². The molecule has 35 heavy (non-hydrogen) atoms. The van der Waals surface area contributed by atoms with Gasteiger partial charge in [0.05, 0.1) is 37.0 Å². The number of hydrogen-bond donors (Lipinski definition) is 1. The SMILES string of the molecule is COC(=O)c1cccc(Cn2cc(/C(C)=N/OC(C)C)c(=O)n(C[C@H](C)NC(=O)C(C)C)c2=O)c1. The van der Waals surface area contributed by atoms with Crippen LogP contribution in [0.2, 0.25) is 0 Å². The zero-order valence-electron chi connectivity index (χ0n) is 21.3. The Kier molecular flexibility index (Phi) is 9.56. The summed E-state index contributed by atoms with van der Waals surface area (Å²) in [4.78, 5) is 55.9. The summed E-state index contributed by atoms with van der Waals surface area (Å²) in [5.74, 6) is -0.903. The standard InChI is InChI=1S/C25H34N4O6/c1-15(2)22(30)26-17(5)12-29-23(31)21(18(6)27-35-16(3)4)14-28(25(29)33)13-19-9-8-10-20(11-19)24(32)34-7/h8-11,14-17H,12-13H2,1-7H3,(H,26,30)/b27-18+/t17-/m0/s1. The Labute approximate surface area is 204 Å². The largest absolute Gasteiger partial charge is 0.465 e. The Morgan fingerprint density at radius 2 is 1.80 bits per heavy atom. The third kappa shape index (κ3) is 7.40. The number of carbonyl (C=O) groups is 2. The highest BCUT2D eigenvalue weighted by atomic mass is 16.6. The molecule has 0 fully saturated rings. The van der Waals surface area contributed by atoms with Crippen molar-refractivity contribution in [2.24, 2.45) is 11.1 Å². The van der Waals surface area contributed by atoms with E-state index in [9.17, 15) is 19.2 Å². The van der Waals surface area contributed by atoms with Gasteiger partial charge < -0.3 is 14.9 Å². The fourth-order valence-corrected chi connectivity index (χ4v) is 3.25. The van der Waals surface area contributed by atoms with Crippen molar-refractivity contribution < 1.29 is 19.2 Å². The summed E-state index contributed by atoms with van der Waals surface area (Å²) < 4.78 is 7.23. The molecule has 1 aromatic carbocycles. The van der Waals surface area contributed by atoms with Crippen molar-refractivity contribution in [1.29, 1.82) is 0 Å². The maximum atomic E-state index is 13.3. The molecule has 1 aromatic heterocycles. The molecule has 0 spiro atoms. The van der Waals surface area contributed by atoms with Crippen LogP contribution in [0.4, 0.5) is 0 Å². The number of rotatable bonds is 10. The summed E-state index contributed by atoms with van der Waals surface area (Å²) >= 11 is 0. The number of nitrogens with one attached hydrogen (secondary N) is 1. The number of methoxy groups -OCH3 is 1. The Balaban J connectivity index is 2.56. The van der Waals surface area contributed by atoms with Gasteiger partial charge >= 0.3 is 11.7 Å². The van der Waals surface area contributed by atoms with Crippen molar-refractivity contribution in [3.8, 4) is 0 Å². The Bertz CT molecular complexity index is 1210. The number of carbonyl (C=O) groups excluding carboxylic acids is 2. The smallest absolute Gasteiger partial charge is 0.337 e. The van der Waals surface area contributed by atoms with Crippen LogP contribution in [0.1, 0.15) is 63.0 Å².